The van der Waals surface area contributed by atoms with E-state index in [1.807, 2.05) is 0 Å². The Hall–Kier alpha value is -2.65. The average Bonchev–Trinajstić information content (AvgIpc) is 2.89. The number of rotatable bonds is 9. The molecule has 0 N–H and O–H groups in total. The predicted octanol–water partition coefficient (Wildman–Crippen LogP) is 7.53. The Bertz CT molecular complexity index is 1050. The summed E-state index contributed by atoms with van der Waals surface area (Å²) in [5.74, 6) is 0.962. The predicted molar refractivity (Wildman–Crippen MR) is 142 cm³/mol. The molecule has 0 saturated heterocycles. The molecule has 4 rings (SSSR count). The molecule has 180 valence electrons. The van der Waals surface area contributed by atoms with E-state index >= 15 is 0 Å². The zero-order valence-electron chi connectivity index (χ0n) is 21.4. The summed E-state index contributed by atoms with van der Waals surface area (Å²) in [7, 11) is 1.80. The van der Waals surface area contributed by atoms with Crippen LogP contribution in [0.2, 0.25) is 0 Å². The van der Waals surface area contributed by atoms with E-state index in [0.717, 1.165) is 43.1 Å². The van der Waals surface area contributed by atoms with E-state index in [4.69, 9.17) is 9.72 Å². The number of pyridine rings is 1. The first-order valence-electron chi connectivity index (χ1n) is 13.1. The monoisotopic (exact) mass is 456 g/mol. The van der Waals surface area contributed by atoms with Crippen molar-refractivity contribution in [3.63, 3.8) is 0 Å². The van der Waals surface area contributed by atoms with E-state index in [0.29, 0.717) is 6.04 Å². The molecule has 3 heteroatoms. The minimum Gasteiger partial charge on any atom is -0.496 e. The van der Waals surface area contributed by atoms with Crippen molar-refractivity contribution < 1.29 is 4.74 Å². The standard InChI is InChI=1S/C31H40N2O/c1-5-25-16-13-17-26(6-2)31(25)29-20-30(34-4)28(23(3)32-29)22-33(27-18-11-8-12-19-27)21-24-14-9-7-10-15-24/h7,9-10,13-17,20,27H,5-6,8,11-12,18-19,21-22H2,1-4H3. The zero-order valence-corrected chi connectivity index (χ0v) is 21.4. The lowest BCUT2D eigenvalue weighted by Gasteiger charge is -2.35. The molecular weight excluding hydrogens is 416 g/mol. The van der Waals surface area contributed by atoms with Crippen LogP contribution in [0.1, 0.15) is 73.9 Å². The highest BCUT2D eigenvalue weighted by Crippen LogP contribution is 2.34. The fraction of sp³-hybridized carbons (Fsp3) is 0.452. The van der Waals surface area contributed by atoms with Crippen molar-refractivity contribution in [2.45, 2.75) is 84.8 Å². The SMILES string of the molecule is CCc1cccc(CC)c1-c1cc(OC)c(CN(Cc2ccccc2)C2CCCCC2)c(C)n1. The molecule has 34 heavy (non-hydrogen) atoms. The largest absolute Gasteiger partial charge is 0.496 e. The lowest BCUT2D eigenvalue weighted by molar-refractivity contribution is 0.138. The first kappa shape index (κ1) is 24.5. The van der Waals surface area contributed by atoms with Crippen LogP contribution in [-0.4, -0.2) is 23.0 Å². The van der Waals surface area contributed by atoms with Gasteiger partial charge in [0, 0.05) is 42.0 Å². The average molecular weight is 457 g/mol. The van der Waals surface area contributed by atoms with Gasteiger partial charge in [0.25, 0.3) is 0 Å². The number of nitrogens with zero attached hydrogens (tertiary/aromatic N) is 2. The van der Waals surface area contributed by atoms with Gasteiger partial charge in [-0.1, -0.05) is 81.6 Å². The number of hydrogen-bond acceptors (Lipinski definition) is 3. The molecule has 1 fully saturated rings. The third kappa shape index (κ3) is 5.52. The fourth-order valence-electron chi connectivity index (χ4n) is 5.53. The minimum absolute atomic E-state index is 0.616. The van der Waals surface area contributed by atoms with Crippen LogP contribution < -0.4 is 4.74 Å². The summed E-state index contributed by atoms with van der Waals surface area (Å²) in [6.07, 6.45) is 8.59. The molecule has 0 aliphatic heterocycles. The summed E-state index contributed by atoms with van der Waals surface area (Å²) >= 11 is 0. The molecule has 0 atom stereocenters. The number of methoxy groups -OCH3 is 1. The van der Waals surface area contributed by atoms with Crippen LogP contribution >= 0.6 is 0 Å². The third-order valence-corrected chi connectivity index (χ3v) is 7.45. The molecule has 3 nitrogen and oxygen atoms in total. The van der Waals surface area contributed by atoms with Crippen molar-refractivity contribution in [1.29, 1.82) is 0 Å². The van der Waals surface area contributed by atoms with Crippen molar-refractivity contribution in [2.24, 2.45) is 0 Å². The van der Waals surface area contributed by atoms with Crippen LogP contribution in [0.5, 0.6) is 5.75 Å². The molecule has 1 heterocycles. The molecule has 1 aliphatic rings. The summed E-state index contributed by atoms with van der Waals surface area (Å²) in [6, 6.07) is 20.3. The number of hydrogen-bond donors (Lipinski definition) is 0. The molecule has 0 bridgehead atoms. The minimum atomic E-state index is 0.616. The summed E-state index contributed by atoms with van der Waals surface area (Å²) in [4.78, 5) is 7.83. The number of aryl methyl sites for hydroxylation is 3. The highest BCUT2D eigenvalue weighted by Gasteiger charge is 2.24. The summed E-state index contributed by atoms with van der Waals surface area (Å²) < 4.78 is 6.01. The highest BCUT2D eigenvalue weighted by molar-refractivity contribution is 5.70. The Kier molecular flexibility index (Phi) is 8.39. The van der Waals surface area contributed by atoms with Crippen LogP contribution in [0.25, 0.3) is 11.3 Å². The number of aromatic nitrogens is 1. The molecule has 0 unspecified atom stereocenters. The Morgan fingerprint density at radius 2 is 1.56 bits per heavy atom. The molecular formula is C31H40N2O. The summed E-state index contributed by atoms with van der Waals surface area (Å²) in [6.45, 7) is 8.44. The van der Waals surface area contributed by atoms with Crippen molar-refractivity contribution >= 4 is 0 Å². The molecule has 2 aromatic carbocycles. The van der Waals surface area contributed by atoms with E-state index in [1.165, 1.54) is 59.9 Å². The van der Waals surface area contributed by atoms with Crippen molar-refractivity contribution in [3.8, 4) is 17.0 Å². The molecule has 0 spiro atoms. The van der Waals surface area contributed by atoms with Gasteiger partial charge in [-0.15, -0.1) is 0 Å². The molecule has 3 aromatic rings. The Labute approximate surface area is 206 Å². The smallest absolute Gasteiger partial charge is 0.127 e. The van der Waals surface area contributed by atoms with E-state index in [9.17, 15) is 0 Å². The van der Waals surface area contributed by atoms with Gasteiger partial charge in [-0.3, -0.25) is 9.88 Å². The van der Waals surface area contributed by atoms with Gasteiger partial charge in [0.15, 0.2) is 0 Å². The second-order valence-electron chi connectivity index (χ2n) is 9.61. The molecule has 1 aliphatic carbocycles. The van der Waals surface area contributed by atoms with Crippen LogP contribution in [-0.2, 0) is 25.9 Å². The Morgan fingerprint density at radius 1 is 0.882 bits per heavy atom. The molecule has 0 radical (unpaired) electrons. The van der Waals surface area contributed by atoms with Crippen LogP contribution in [0.15, 0.2) is 54.6 Å². The quantitative estimate of drug-likeness (QED) is 0.333. The fourth-order valence-corrected chi connectivity index (χ4v) is 5.53. The van der Waals surface area contributed by atoms with Crippen LogP contribution in [0, 0.1) is 6.92 Å². The summed E-state index contributed by atoms with van der Waals surface area (Å²) in [5, 5.41) is 0. The van der Waals surface area contributed by atoms with Gasteiger partial charge in [0.2, 0.25) is 0 Å². The van der Waals surface area contributed by atoms with Gasteiger partial charge in [-0.25, -0.2) is 0 Å². The van der Waals surface area contributed by atoms with Gasteiger partial charge < -0.3 is 4.74 Å². The Balaban J connectivity index is 1.70. The normalized spacial score (nSPS) is 14.5. The van der Waals surface area contributed by atoms with E-state index < -0.39 is 0 Å². The maximum Gasteiger partial charge on any atom is 0.127 e. The molecule has 0 amide bonds. The van der Waals surface area contributed by atoms with Crippen molar-refractivity contribution in [2.75, 3.05) is 7.11 Å². The molecule has 1 saturated carbocycles. The van der Waals surface area contributed by atoms with Crippen LogP contribution in [0.4, 0.5) is 0 Å². The summed E-state index contributed by atoms with van der Waals surface area (Å²) in [5.41, 5.74) is 8.71. The van der Waals surface area contributed by atoms with E-state index in [1.54, 1.807) is 7.11 Å². The first-order valence-corrected chi connectivity index (χ1v) is 13.1. The maximum atomic E-state index is 6.01. The zero-order chi connectivity index (χ0) is 23.9. The lowest BCUT2D eigenvalue weighted by Crippen LogP contribution is -2.36. The van der Waals surface area contributed by atoms with Gasteiger partial charge in [0.1, 0.15) is 5.75 Å². The molecule has 1 aromatic heterocycles. The van der Waals surface area contributed by atoms with Crippen LogP contribution in [0.3, 0.4) is 0 Å². The third-order valence-electron chi connectivity index (χ3n) is 7.45. The topological polar surface area (TPSA) is 25.4 Å². The second kappa shape index (κ2) is 11.7. The second-order valence-corrected chi connectivity index (χ2v) is 9.61. The van der Waals surface area contributed by atoms with Gasteiger partial charge in [-0.05, 0) is 49.3 Å². The maximum absolute atomic E-state index is 6.01. The van der Waals surface area contributed by atoms with E-state index in [2.05, 4.69) is 80.3 Å². The highest BCUT2D eigenvalue weighted by atomic mass is 16.5. The lowest BCUT2D eigenvalue weighted by atomic mass is 9.92. The van der Waals surface area contributed by atoms with Crippen molar-refractivity contribution in [3.05, 3.63) is 82.5 Å². The van der Waals surface area contributed by atoms with Gasteiger partial charge in [0.05, 0.1) is 12.8 Å². The van der Waals surface area contributed by atoms with Crippen molar-refractivity contribution in [1.82, 2.24) is 9.88 Å². The van der Waals surface area contributed by atoms with Gasteiger partial charge in [-0.2, -0.15) is 0 Å². The number of benzene rings is 2. The van der Waals surface area contributed by atoms with Gasteiger partial charge >= 0.3 is 0 Å². The number of ether oxygens (including phenoxy) is 1. The van der Waals surface area contributed by atoms with E-state index in [-0.39, 0.29) is 0 Å². The first-order chi connectivity index (χ1) is 16.6. The Morgan fingerprint density at radius 3 is 2.18 bits per heavy atom.